The SMILES string of the molecule is CC1CCN(C(=O)Cn2cc(C(=O)C(F)(F)F)c3cc(Br)ccc32)CC1. The fourth-order valence-electron chi connectivity index (χ4n) is 3.24. The molecule has 140 valence electrons. The maximum absolute atomic E-state index is 12.9. The molecule has 0 bridgehead atoms. The van der Waals surface area contributed by atoms with Crippen molar-refractivity contribution >= 4 is 38.5 Å². The Morgan fingerprint density at radius 1 is 1.23 bits per heavy atom. The van der Waals surface area contributed by atoms with E-state index >= 15 is 0 Å². The van der Waals surface area contributed by atoms with E-state index < -0.39 is 17.5 Å². The topological polar surface area (TPSA) is 42.3 Å². The van der Waals surface area contributed by atoms with Crippen LogP contribution in [-0.2, 0) is 11.3 Å². The molecule has 8 heteroatoms. The van der Waals surface area contributed by atoms with Crippen LogP contribution < -0.4 is 0 Å². The molecule has 0 spiro atoms. The molecule has 2 heterocycles. The molecule has 1 aromatic heterocycles. The van der Waals surface area contributed by atoms with Crippen molar-refractivity contribution in [2.45, 2.75) is 32.5 Å². The highest BCUT2D eigenvalue weighted by Crippen LogP contribution is 2.30. The number of rotatable bonds is 3. The van der Waals surface area contributed by atoms with E-state index in [1.54, 1.807) is 17.0 Å². The molecule has 1 aliphatic rings. The molecule has 1 fully saturated rings. The highest BCUT2D eigenvalue weighted by atomic mass is 79.9. The third kappa shape index (κ3) is 3.79. The van der Waals surface area contributed by atoms with E-state index in [0.717, 1.165) is 19.0 Å². The number of benzene rings is 1. The first kappa shape index (κ1) is 18.9. The van der Waals surface area contributed by atoms with Crippen LogP contribution in [0.1, 0.15) is 30.1 Å². The predicted molar refractivity (Wildman–Crippen MR) is 95.0 cm³/mol. The van der Waals surface area contributed by atoms with Crippen molar-refractivity contribution in [2.75, 3.05) is 13.1 Å². The van der Waals surface area contributed by atoms with E-state index in [9.17, 15) is 22.8 Å². The molecule has 4 nitrogen and oxygen atoms in total. The summed E-state index contributed by atoms with van der Waals surface area (Å²) in [5.74, 6) is -1.49. The zero-order valence-electron chi connectivity index (χ0n) is 14.1. The smallest absolute Gasteiger partial charge is 0.341 e. The van der Waals surface area contributed by atoms with E-state index in [0.29, 0.717) is 29.0 Å². The maximum atomic E-state index is 12.9. The molecule has 3 rings (SSSR count). The van der Waals surface area contributed by atoms with Crippen molar-refractivity contribution in [3.05, 3.63) is 34.4 Å². The number of aromatic nitrogens is 1. The normalized spacial score (nSPS) is 16.3. The Hall–Kier alpha value is -1.83. The number of nitrogens with zero attached hydrogens (tertiary/aromatic N) is 2. The second-order valence-corrected chi connectivity index (χ2v) is 7.64. The lowest BCUT2D eigenvalue weighted by Crippen LogP contribution is -2.39. The number of Topliss-reactive ketones (excluding diaryl/α,β-unsaturated/α-hetero) is 1. The van der Waals surface area contributed by atoms with Gasteiger partial charge in [0.1, 0.15) is 6.54 Å². The van der Waals surface area contributed by atoms with Gasteiger partial charge in [0.2, 0.25) is 5.91 Å². The van der Waals surface area contributed by atoms with Crippen molar-refractivity contribution in [1.82, 2.24) is 9.47 Å². The van der Waals surface area contributed by atoms with Crippen LogP contribution in [0.5, 0.6) is 0 Å². The lowest BCUT2D eigenvalue weighted by atomic mass is 9.99. The number of piperidine rings is 1. The van der Waals surface area contributed by atoms with Gasteiger partial charge in [-0.05, 0) is 37.0 Å². The minimum Gasteiger partial charge on any atom is -0.341 e. The Morgan fingerprint density at radius 3 is 2.50 bits per heavy atom. The Labute approximate surface area is 157 Å². The number of likely N-dealkylation sites (tertiary alicyclic amines) is 1. The number of halogens is 4. The minimum absolute atomic E-state index is 0.0857. The van der Waals surface area contributed by atoms with Crippen molar-refractivity contribution < 1.29 is 22.8 Å². The molecule has 0 saturated carbocycles. The second-order valence-electron chi connectivity index (χ2n) is 6.72. The largest absolute Gasteiger partial charge is 0.454 e. The molecule has 1 aromatic carbocycles. The molecule has 0 atom stereocenters. The van der Waals surface area contributed by atoms with Crippen molar-refractivity contribution in [3.8, 4) is 0 Å². The molecular weight excluding hydrogens is 413 g/mol. The number of ketones is 1. The number of carbonyl (C=O) groups is 2. The summed E-state index contributed by atoms with van der Waals surface area (Å²) in [6.07, 6.45) is -1.99. The van der Waals surface area contributed by atoms with Crippen LogP contribution in [-0.4, -0.2) is 40.4 Å². The van der Waals surface area contributed by atoms with E-state index in [4.69, 9.17) is 0 Å². The van der Waals surface area contributed by atoms with Crippen molar-refractivity contribution in [3.63, 3.8) is 0 Å². The molecule has 1 amide bonds. The highest BCUT2D eigenvalue weighted by Gasteiger charge is 2.41. The van der Waals surface area contributed by atoms with Crippen molar-refractivity contribution in [1.29, 1.82) is 0 Å². The fraction of sp³-hybridized carbons (Fsp3) is 0.444. The first-order valence-electron chi connectivity index (χ1n) is 8.34. The van der Waals surface area contributed by atoms with Gasteiger partial charge < -0.3 is 9.47 Å². The second kappa shape index (κ2) is 7.06. The molecule has 0 radical (unpaired) electrons. The molecule has 0 unspecified atom stereocenters. The quantitative estimate of drug-likeness (QED) is 0.676. The van der Waals surface area contributed by atoms with Gasteiger partial charge in [-0.15, -0.1) is 0 Å². The van der Waals surface area contributed by atoms with E-state index in [1.807, 2.05) is 0 Å². The summed E-state index contributed by atoms with van der Waals surface area (Å²) >= 11 is 3.22. The average Bonchev–Trinajstić information content (AvgIpc) is 2.91. The number of hydrogen-bond donors (Lipinski definition) is 0. The van der Waals surface area contributed by atoms with Gasteiger partial charge in [0.25, 0.3) is 5.78 Å². The molecule has 2 aromatic rings. The summed E-state index contributed by atoms with van der Waals surface area (Å²) in [6.45, 7) is 3.35. The van der Waals surface area contributed by atoms with Crippen molar-refractivity contribution in [2.24, 2.45) is 5.92 Å². The lowest BCUT2D eigenvalue weighted by molar-refractivity contribution is -0.133. The summed E-state index contributed by atoms with van der Waals surface area (Å²) in [6, 6.07) is 4.75. The number of hydrogen-bond acceptors (Lipinski definition) is 2. The average molecular weight is 431 g/mol. The standard InChI is InChI=1S/C18H18BrF3N2O2/c1-11-4-6-23(7-5-11)16(25)10-24-9-14(17(26)18(20,21)22)13-8-12(19)2-3-15(13)24/h2-3,8-9,11H,4-7,10H2,1H3. The van der Waals surface area contributed by atoms with Crippen LogP contribution in [0.25, 0.3) is 10.9 Å². The molecule has 0 N–H and O–H groups in total. The molecule has 1 saturated heterocycles. The lowest BCUT2D eigenvalue weighted by Gasteiger charge is -2.30. The summed E-state index contributed by atoms with van der Waals surface area (Å²) in [5, 5.41) is 0.182. The Bertz CT molecular complexity index is 852. The van der Waals surface area contributed by atoms with Crippen LogP contribution in [0.2, 0.25) is 0 Å². The number of fused-ring (bicyclic) bond motifs is 1. The predicted octanol–water partition coefficient (Wildman–Crippen LogP) is 4.41. The van der Waals surface area contributed by atoms with Gasteiger partial charge in [-0.3, -0.25) is 9.59 Å². The van der Waals surface area contributed by atoms with Gasteiger partial charge in [0.05, 0.1) is 5.56 Å². The summed E-state index contributed by atoms with van der Waals surface area (Å²) in [4.78, 5) is 26.1. The van der Waals surface area contributed by atoms with E-state index in [1.165, 1.54) is 10.6 Å². The van der Waals surface area contributed by atoms with E-state index in [-0.39, 0.29) is 17.8 Å². The number of amides is 1. The summed E-state index contributed by atoms with van der Waals surface area (Å²) in [7, 11) is 0. The van der Waals surface area contributed by atoms with Gasteiger partial charge in [-0.1, -0.05) is 22.9 Å². The minimum atomic E-state index is -4.96. The molecule has 1 aliphatic heterocycles. The highest BCUT2D eigenvalue weighted by molar-refractivity contribution is 9.10. The Balaban J connectivity index is 1.94. The van der Waals surface area contributed by atoms with Gasteiger partial charge in [-0.2, -0.15) is 13.2 Å². The number of carbonyl (C=O) groups excluding carboxylic acids is 2. The zero-order valence-corrected chi connectivity index (χ0v) is 15.7. The van der Waals surface area contributed by atoms with Crippen LogP contribution >= 0.6 is 15.9 Å². The summed E-state index contributed by atoms with van der Waals surface area (Å²) in [5.41, 5.74) is -0.00612. The molecule has 26 heavy (non-hydrogen) atoms. The molecular formula is C18H18BrF3N2O2. The van der Waals surface area contributed by atoms with Crippen LogP contribution in [0, 0.1) is 5.92 Å². The molecule has 0 aliphatic carbocycles. The van der Waals surface area contributed by atoms with Crippen LogP contribution in [0.3, 0.4) is 0 Å². The third-order valence-corrected chi connectivity index (χ3v) is 5.28. The monoisotopic (exact) mass is 430 g/mol. The van der Waals surface area contributed by atoms with E-state index in [2.05, 4.69) is 22.9 Å². The number of alkyl halides is 3. The first-order chi connectivity index (χ1) is 12.2. The van der Waals surface area contributed by atoms with Gasteiger partial charge in [0.15, 0.2) is 0 Å². The zero-order chi connectivity index (χ0) is 19.1. The first-order valence-corrected chi connectivity index (χ1v) is 9.14. The fourth-order valence-corrected chi connectivity index (χ4v) is 3.60. The van der Waals surface area contributed by atoms with Crippen LogP contribution in [0.15, 0.2) is 28.9 Å². The van der Waals surface area contributed by atoms with Crippen LogP contribution in [0.4, 0.5) is 13.2 Å². The Morgan fingerprint density at radius 2 is 1.88 bits per heavy atom. The maximum Gasteiger partial charge on any atom is 0.454 e. The Kier molecular flexibility index (Phi) is 5.14. The third-order valence-electron chi connectivity index (χ3n) is 4.79. The van der Waals surface area contributed by atoms with Gasteiger partial charge in [-0.25, -0.2) is 0 Å². The van der Waals surface area contributed by atoms with Gasteiger partial charge >= 0.3 is 6.18 Å². The van der Waals surface area contributed by atoms with Gasteiger partial charge in [0, 0.05) is 34.7 Å². The summed E-state index contributed by atoms with van der Waals surface area (Å²) < 4.78 is 40.7.